The standard InChI is InChI=1S/C22H19Br/c1-13-11-14(2)20(15(3)12-13)22-17-8-5-4-7-16(17)21-18(22)9-6-10-19(21)23/h4-12,22H,1-3H3. The first-order valence-electron chi connectivity index (χ1n) is 8.03. The van der Waals surface area contributed by atoms with Gasteiger partial charge in [0.1, 0.15) is 0 Å². The third-order valence-corrected chi connectivity index (χ3v) is 5.59. The average Bonchev–Trinajstić information content (AvgIpc) is 2.83. The van der Waals surface area contributed by atoms with Gasteiger partial charge in [-0.2, -0.15) is 0 Å². The molecule has 0 N–H and O–H groups in total. The minimum Gasteiger partial charge on any atom is -0.0619 e. The van der Waals surface area contributed by atoms with E-state index in [1.165, 1.54) is 49.0 Å². The molecule has 0 spiro atoms. The second-order valence-corrected chi connectivity index (χ2v) is 7.39. The number of benzene rings is 3. The number of rotatable bonds is 1. The third-order valence-electron chi connectivity index (χ3n) is 4.92. The lowest BCUT2D eigenvalue weighted by molar-refractivity contribution is 0.975. The van der Waals surface area contributed by atoms with Crippen LogP contribution in [0.4, 0.5) is 0 Å². The quantitative estimate of drug-likeness (QED) is 0.360. The summed E-state index contributed by atoms with van der Waals surface area (Å²) < 4.78 is 1.19. The van der Waals surface area contributed by atoms with Crippen LogP contribution in [-0.2, 0) is 0 Å². The number of halogens is 1. The fourth-order valence-electron chi connectivity index (χ4n) is 4.17. The Balaban J connectivity index is 2.07. The van der Waals surface area contributed by atoms with E-state index in [4.69, 9.17) is 0 Å². The molecule has 0 bridgehead atoms. The predicted molar refractivity (Wildman–Crippen MR) is 101 cm³/mol. The molecule has 1 atom stereocenters. The zero-order chi connectivity index (χ0) is 16.1. The van der Waals surface area contributed by atoms with Crippen molar-refractivity contribution in [2.45, 2.75) is 26.7 Å². The minimum absolute atomic E-state index is 0.333. The molecular weight excluding hydrogens is 344 g/mol. The van der Waals surface area contributed by atoms with Crippen LogP contribution in [0.15, 0.2) is 59.1 Å². The molecule has 23 heavy (non-hydrogen) atoms. The van der Waals surface area contributed by atoms with Gasteiger partial charge in [-0.25, -0.2) is 0 Å². The molecule has 1 heteroatoms. The fourth-order valence-corrected chi connectivity index (χ4v) is 4.76. The number of hydrogen-bond acceptors (Lipinski definition) is 0. The summed E-state index contributed by atoms with van der Waals surface area (Å²) in [5.74, 6) is 0.333. The monoisotopic (exact) mass is 362 g/mol. The van der Waals surface area contributed by atoms with Gasteiger partial charge in [0.15, 0.2) is 0 Å². The van der Waals surface area contributed by atoms with E-state index in [2.05, 4.69) is 91.3 Å². The van der Waals surface area contributed by atoms with Gasteiger partial charge in [0, 0.05) is 16.0 Å². The molecule has 0 radical (unpaired) electrons. The summed E-state index contributed by atoms with van der Waals surface area (Å²) in [5.41, 5.74) is 11.1. The first-order chi connectivity index (χ1) is 11.1. The predicted octanol–water partition coefficient (Wildman–Crippen LogP) is 6.53. The minimum atomic E-state index is 0.333. The van der Waals surface area contributed by atoms with Crippen molar-refractivity contribution >= 4 is 15.9 Å². The molecule has 3 aromatic carbocycles. The summed E-state index contributed by atoms with van der Waals surface area (Å²) in [5, 5.41) is 0. The molecule has 1 aliphatic rings. The summed E-state index contributed by atoms with van der Waals surface area (Å²) >= 11 is 3.77. The Morgan fingerprint density at radius 2 is 1.43 bits per heavy atom. The molecule has 1 unspecified atom stereocenters. The molecular formula is C22H19Br. The highest BCUT2D eigenvalue weighted by Crippen LogP contribution is 2.51. The van der Waals surface area contributed by atoms with E-state index in [1.54, 1.807) is 0 Å². The van der Waals surface area contributed by atoms with E-state index in [0.29, 0.717) is 5.92 Å². The van der Waals surface area contributed by atoms with Gasteiger partial charge in [-0.1, -0.05) is 70.0 Å². The molecule has 114 valence electrons. The van der Waals surface area contributed by atoms with Gasteiger partial charge < -0.3 is 0 Å². The summed E-state index contributed by atoms with van der Waals surface area (Å²) in [4.78, 5) is 0. The van der Waals surface area contributed by atoms with Crippen LogP contribution in [0.5, 0.6) is 0 Å². The van der Waals surface area contributed by atoms with Crippen LogP contribution >= 0.6 is 15.9 Å². The molecule has 0 saturated carbocycles. The van der Waals surface area contributed by atoms with Gasteiger partial charge in [-0.05, 0) is 60.2 Å². The number of hydrogen-bond donors (Lipinski definition) is 0. The third kappa shape index (κ3) is 2.18. The molecule has 0 aliphatic heterocycles. The van der Waals surface area contributed by atoms with E-state index in [-0.39, 0.29) is 0 Å². The lowest BCUT2D eigenvalue weighted by atomic mass is 9.83. The van der Waals surface area contributed by atoms with E-state index >= 15 is 0 Å². The molecule has 0 fully saturated rings. The summed E-state index contributed by atoms with van der Waals surface area (Å²) in [6, 6.07) is 20.0. The van der Waals surface area contributed by atoms with Crippen molar-refractivity contribution in [3.05, 3.63) is 92.5 Å². The lowest BCUT2D eigenvalue weighted by Crippen LogP contribution is -2.05. The Hall–Kier alpha value is -1.86. The summed E-state index contributed by atoms with van der Waals surface area (Å²) in [7, 11) is 0. The van der Waals surface area contributed by atoms with Gasteiger partial charge in [0.25, 0.3) is 0 Å². The van der Waals surface area contributed by atoms with E-state index in [0.717, 1.165) is 0 Å². The van der Waals surface area contributed by atoms with Gasteiger partial charge >= 0.3 is 0 Å². The molecule has 0 amide bonds. The summed E-state index contributed by atoms with van der Waals surface area (Å²) in [6.07, 6.45) is 0. The maximum atomic E-state index is 3.77. The Bertz CT molecular complexity index is 898. The van der Waals surface area contributed by atoms with Crippen molar-refractivity contribution in [3.8, 4) is 11.1 Å². The Morgan fingerprint density at radius 3 is 2.17 bits per heavy atom. The smallest absolute Gasteiger partial charge is 0.0357 e. The van der Waals surface area contributed by atoms with Crippen LogP contribution < -0.4 is 0 Å². The van der Waals surface area contributed by atoms with Crippen molar-refractivity contribution in [3.63, 3.8) is 0 Å². The van der Waals surface area contributed by atoms with Crippen LogP contribution in [-0.4, -0.2) is 0 Å². The maximum Gasteiger partial charge on any atom is 0.0357 e. The Kier molecular flexibility index (Phi) is 3.42. The Morgan fingerprint density at radius 1 is 0.783 bits per heavy atom. The molecule has 0 heterocycles. The fraction of sp³-hybridized carbons (Fsp3) is 0.182. The topological polar surface area (TPSA) is 0 Å². The van der Waals surface area contributed by atoms with Crippen molar-refractivity contribution in [2.75, 3.05) is 0 Å². The highest BCUT2D eigenvalue weighted by atomic mass is 79.9. The number of fused-ring (bicyclic) bond motifs is 3. The number of aryl methyl sites for hydroxylation is 3. The van der Waals surface area contributed by atoms with Gasteiger partial charge in [-0.3, -0.25) is 0 Å². The first-order valence-corrected chi connectivity index (χ1v) is 8.82. The second-order valence-electron chi connectivity index (χ2n) is 6.54. The van der Waals surface area contributed by atoms with Gasteiger partial charge in [0.2, 0.25) is 0 Å². The molecule has 0 nitrogen and oxygen atoms in total. The molecule has 0 saturated heterocycles. The first kappa shape index (κ1) is 14.7. The molecule has 1 aliphatic carbocycles. The van der Waals surface area contributed by atoms with Crippen LogP contribution in [0.1, 0.15) is 39.3 Å². The normalized spacial score (nSPS) is 15.4. The van der Waals surface area contributed by atoms with Crippen molar-refractivity contribution in [2.24, 2.45) is 0 Å². The largest absolute Gasteiger partial charge is 0.0619 e. The highest BCUT2D eigenvalue weighted by Gasteiger charge is 2.32. The van der Waals surface area contributed by atoms with Crippen LogP contribution in [0, 0.1) is 20.8 Å². The van der Waals surface area contributed by atoms with Crippen LogP contribution in [0.2, 0.25) is 0 Å². The maximum absolute atomic E-state index is 3.77. The second kappa shape index (κ2) is 5.35. The van der Waals surface area contributed by atoms with Crippen LogP contribution in [0.25, 0.3) is 11.1 Å². The van der Waals surface area contributed by atoms with Crippen molar-refractivity contribution in [1.82, 2.24) is 0 Å². The van der Waals surface area contributed by atoms with E-state index < -0.39 is 0 Å². The van der Waals surface area contributed by atoms with Gasteiger partial charge in [-0.15, -0.1) is 0 Å². The Labute approximate surface area is 146 Å². The molecule has 3 aromatic rings. The lowest BCUT2D eigenvalue weighted by Gasteiger charge is -2.20. The van der Waals surface area contributed by atoms with Crippen LogP contribution in [0.3, 0.4) is 0 Å². The van der Waals surface area contributed by atoms with E-state index in [1.807, 2.05) is 0 Å². The van der Waals surface area contributed by atoms with Crippen molar-refractivity contribution in [1.29, 1.82) is 0 Å². The zero-order valence-corrected chi connectivity index (χ0v) is 15.2. The van der Waals surface area contributed by atoms with Crippen molar-refractivity contribution < 1.29 is 0 Å². The summed E-state index contributed by atoms with van der Waals surface area (Å²) in [6.45, 7) is 6.67. The van der Waals surface area contributed by atoms with E-state index in [9.17, 15) is 0 Å². The zero-order valence-electron chi connectivity index (χ0n) is 13.7. The molecule has 4 rings (SSSR count). The average molecular weight is 363 g/mol. The van der Waals surface area contributed by atoms with Gasteiger partial charge in [0.05, 0.1) is 0 Å². The molecule has 0 aromatic heterocycles. The highest BCUT2D eigenvalue weighted by molar-refractivity contribution is 9.10. The SMILES string of the molecule is Cc1cc(C)c(C2c3ccccc3-c3c(Br)cccc32)c(C)c1.